The second kappa shape index (κ2) is 39.3. The topological polar surface area (TPSA) is 285 Å². The summed E-state index contributed by atoms with van der Waals surface area (Å²) in [5, 5.41) is 31.8. The number of ether oxygens (including phenoxy) is 8. The molecule has 0 aromatic heterocycles. The third kappa shape index (κ3) is 25.2. The highest BCUT2D eigenvalue weighted by Crippen LogP contribution is 2.44. The molecule has 0 spiro atoms. The number of nitrogens with one attached hydrogen (secondary N) is 4. The molecule has 0 bridgehead atoms. The number of amides is 5. The molecule has 2 saturated carbocycles. The van der Waals surface area contributed by atoms with Gasteiger partial charge in [0.1, 0.15) is 13.2 Å². The highest BCUT2D eigenvalue weighted by atomic mass is 16.6. The second-order valence-electron chi connectivity index (χ2n) is 20.1. The summed E-state index contributed by atoms with van der Waals surface area (Å²) < 4.78 is 45.8. The van der Waals surface area contributed by atoms with Crippen LogP contribution in [0.4, 0.5) is 0 Å². The fourth-order valence-electron chi connectivity index (χ4n) is 10.9. The second-order valence-corrected chi connectivity index (χ2v) is 20.1. The first-order valence-electron chi connectivity index (χ1n) is 28.0. The Bertz CT molecular complexity index is 1590. The van der Waals surface area contributed by atoms with Gasteiger partial charge in [0, 0.05) is 70.6 Å². The molecular weight excluding hydrogens is 991 g/mol. The first kappa shape index (κ1) is 68.1. The van der Waals surface area contributed by atoms with Crippen LogP contribution in [0.3, 0.4) is 0 Å². The largest absolute Gasteiger partial charge is 0.481 e. The first-order chi connectivity index (χ1) is 36.4. The lowest BCUT2D eigenvalue weighted by molar-refractivity contribution is -0.150. The van der Waals surface area contributed by atoms with E-state index in [1.54, 1.807) is 4.90 Å². The lowest BCUT2D eigenvalue weighted by atomic mass is 9.78. The van der Waals surface area contributed by atoms with Crippen LogP contribution < -0.4 is 21.3 Å². The van der Waals surface area contributed by atoms with Gasteiger partial charge in [-0.1, -0.05) is 74.1 Å². The van der Waals surface area contributed by atoms with Gasteiger partial charge in [0.2, 0.25) is 29.5 Å². The van der Waals surface area contributed by atoms with E-state index in [2.05, 4.69) is 21.3 Å². The Morgan fingerprint density at radius 3 is 1.21 bits per heavy atom. The maximum atomic E-state index is 13.4. The van der Waals surface area contributed by atoms with Crippen LogP contribution in [0.15, 0.2) is 0 Å². The SMILES string of the molecule is CCCOCCOCCOCCOCCC(=O)N(CCOCCNC(=O)CO[C@H]1[C@@H]([C@H](NC(C)=O)C(CC)CC)[C@H](C)C[C@@H]1C(=O)O)CCOCCNC(=O)CO[C@H]1[C@@H]([C@H](NC(C)=O)C(CC)CC)[C@H](C)C[C@@H]1C(=O)O. The van der Waals surface area contributed by atoms with Gasteiger partial charge in [-0.25, -0.2) is 0 Å². The molecule has 6 N–H and O–H groups in total. The molecule has 2 aliphatic rings. The molecule has 2 rings (SSSR count). The van der Waals surface area contributed by atoms with E-state index in [0.29, 0.717) is 59.1 Å². The number of carboxylic acid groups (broad SMARTS) is 2. The average molecular weight is 1090 g/mol. The summed E-state index contributed by atoms with van der Waals surface area (Å²) in [7, 11) is 0. The van der Waals surface area contributed by atoms with E-state index in [1.807, 2.05) is 48.5 Å². The monoisotopic (exact) mass is 1090 g/mol. The fourth-order valence-corrected chi connectivity index (χ4v) is 10.9. The maximum Gasteiger partial charge on any atom is 0.309 e. The molecule has 0 aromatic rings. The van der Waals surface area contributed by atoms with E-state index in [9.17, 15) is 43.8 Å². The van der Waals surface area contributed by atoms with E-state index < -0.39 is 47.8 Å². The van der Waals surface area contributed by atoms with Crippen molar-refractivity contribution in [2.75, 3.05) is 119 Å². The minimum atomic E-state index is -1.00. The summed E-state index contributed by atoms with van der Waals surface area (Å²) in [6, 6.07) is -0.604. The van der Waals surface area contributed by atoms with E-state index >= 15 is 0 Å². The molecule has 22 heteroatoms. The number of hydrogen-bond donors (Lipinski definition) is 6. The third-order valence-corrected chi connectivity index (χ3v) is 14.7. The third-order valence-electron chi connectivity index (χ3n) is 14.7. The number of hydrogen-bond acceptors (Lipinski definition) is 15. The minimum Gasteiger partial charge on any atom is -0.481 e. The van der Waals surface area contributed by atoms with Gasteiger partial charge < -0.3 is 74.3 Å². The Labute approximate surface area is 452 Å². The molecule has 2 fully saturated rings. The van der Waals surface area contributed by atoms with Crippen molar-refractivity contribution < 1.29 is 81.7 Å². The predicted molar refractivity (Wildman–Crippen MR) is 282 cm³/mol. The number of rotatable bonds is 44. The van der Waals surface area contributed by atoms with Gasteiger partial charge >= 0.3 is 11.9 Å². The van der Waals surface area contributed by atoms with Gasteiger partial charge in [-0.05, 0) is 42.9 Å². The van der Waals surface area contributed by atoms with Gasteiger partial charge in [0.05, 0.1) is 103 Å². The summed E-state index contributed by atoms with van der Waals surface area (Å²) in [5.74, 6) is -5.63. The maximum absolute atomic E-state index is 13.4. The molecule has 22 nitrogen and oxygen atoms in total. The van der Waals surface area contributed by atoms with Gasteiger partial charge in [0.25, 0.3) is 0 Å². The van der Waals surface area contributed by atoms with Crippen molar-refractivity contribution in [3.63, 3.8) is 0 Å². The van der Waals surface area contributed by atoms with Crippen LogP contribution in [-0.2, 0) is 71.5 Å². The highest BCUT2D eigenvalue weighted by Gasteiger charge is 2.52. The Hall–Kier alpha value is -4.03. The van der Waals surface area contributed by atoms with Crippen molar-refractivity contribution in [2.45, 2.75) is 138 Å². The van der Waals surface area contributed by atoms with E-state index in [0.717, 1.165) is 32.1 Å². The molecule has 0 radical (unpaired) electrons. The Balaban J connectivity index is 1.91. The van der Waals surface area contributed by atoms with Gasteiger partial charge in [-0.3, -0.25) is 33.6 Å². The van der Waals surface area contributed by atoms with Gasteiger partial charge in [-0.15, -0.1) is 0 Å². The van der Waals surface area contributed by atoms with Crippen LogP contribution in [0.5, 0.6) is 0 Å². The van der Waals surface area contributed by atoms with Crippen molar-refractivity contribution >= 4 is 41.5 Å². The quantitative estimate of drug-likeness (QED) is 0.0477. The number of carbonyl (C=O) groups is 7. The van der Waals surface area contributed by atoms with E-state index in [1.165, 1.54) is 13.8 Å². The van der Waals surface area contributed by atoms with Crippen molar-refractivity contribution in [2.24, 2.45) is 47.3 Å². The van der Waals surface area contributed by atoms with Crippen LogP contribution in [0.2, 0.25) is 0 Å². The van der Waals surface area contributed by atoms with Crippen molar-refractivity contribution in [3.05, 3.63) is 0 Å². The standard InChI is InChI=1S/C54H97N5O17/c1-10-20-69-26-28-73-30-31-74-29-27-70-21-15-46(64)59(18-24-71-22-16-55-44(62)34-75-51-42(53(65)66)32-36(6)47(51)49(57-38(8)60)40(11-2)12-3)19-25-72-23-17-56-45(63)35-76-52-43(54(67)68)33-37(7)48(52)50(58-39(9)61)41(13-4)14-5/h36-37,40-43,47-52H,10-35H2,1-9H3,(H,55,62)(H,56,63)(H,57,60)(H,58,61)(H,65,66)(H,67,68)/t36-,37-,42+,43+,47-,48-,49-,50-,51-,52-/m1/s1. The summed E-state index contributed by atoms with van der Waals surface area (Å²) in [6.07, 6.45) is 3.39. The molecule has 76 heavy (non-hydrogen) atoms. The van der Waals surface area contributed by atoms with Crippen molar-refractivity contribution in [1.82, 2.24) is 26.2 Å². The first-order valence-corrected chi connectivity index (χ1v) is 28.0. The molecule has 440 valence electrons. The Kier molecular flexibility index (Phi) is 35.2. The van der Waals surface area contributed by atoms with E-state index in [-0.39, 0.29) is 144 Å². The van der Waals surface area contributed by atoms with Crippen molar-refractivity contribution in [3.8, 4) is 0 Å². The average Bonchev–Trinajstić information content (AvgIpc) is 3.90. The molecular formula is C54H97N5O17. The summed E-state index contributed by atoms with van der Waals surface area (Å²) in [5.41, 5.74) is 0. The lowest BCUT2D eigenvalue weighted by Crippen LogP contribution is -2.50. The molecule has 0 aliphatic heterocycles. The number of aliphatic carboxylic acids is 2. The lowest BCUT2D eigenvalue weighted by Gasteiger charge is -2.37. The zero-order valence-corrected chi connectivity index (χ0v) is 47.3. The summed E-state index contributed by atoms with van der Waals surface area (Å²) >= 11 is 0. The molecule has 2 aliphatic carbocycles. The number of carbonyl (C=O) groups excluding carboxylic acids is 5. The number of carboxylic acids is 2. The fraction of sp³-hybridized carbons (Fsp3) is 0.870. The summed E-state index contributed by atoms with van der Waals surface area (Å²) in [4.78, 5) is 90.0. The highest BCUT2D eigenvalue weighted by molar-refractivity contribution is 5.78. The van der Waals surface area contributed by atoms with Crippen LogP contribution in [0.25, 0.3) is 0 Å². The van der Waals surface area contributed by atoms with Gasteiger partial charge in [0.15, 0.2) is 0 Å². The predicted octanol–water partition coefficient (Wildman–Crippen LogP) is 3.31. The zero-order valence-electron chi connectivity index (χ0n) is 47.3. The zero-order chi connectivity index (χ0) is 56.4. The molecule has 0 saturated heterocycles. The molecule has 0 unspecified atom stereocenters. The number of nitrogens with zero attached hydrogens (tertiary/aromatic N) is 1. The molecule has 0 aromatic carbocycles. The molecule has 5 amide bonds. The van der Waals surface area contributed by atoms with Crippen molar-refractivity contribution in [1.29, 1.82) is 0 Å². The van der Waals surface area contributed by atoms with Crippen LogP contribution >= 0.6 is 0 Å². The minimum absolute atomic E-state index is 0.0597. The molecule has 10 atom stereocenters. The van der Waals surface area contributed by atoms with Gasteiger partial charge in [-0.2, -0.15) is 0 Å². The normalized spacial score (nSPS) is 22.1. The van der Waals surface area contributed by atoms with Crippen LogP contribution in [0.1, 0.15) is 114 Å². The van der Waals surface area contributed by atoms with Crippen LogP contribution in [0, 0.1) is 47.3 Å². The smallest absolute Gasteiger partial charge is 0.309 e. The van der Waals surface area contributed by atoms with Crippen LogP contribution in [-0.4, -0.2) is 200 Å². The summed E-state index contributed by atoms with van der Waals surface area (Å²) in [6.45, 7) is 20.9. The van der Waals surface area contributed by atoms with E-state index in [4.69, 9.17) is 37.9 Å². The Morgan fingerprint density at radius 2 is 0.868 bits per heavy atom. The molecule has 0 heterocycles. The Morgan fingerprint density at radius 1 is 0.513 bits per heavy atom.